The van der Waals surface area contributed by atoms with Crippen molar-refractivity contribution in [3.63, 3.8) is 0 Å². The Morgan fingerprint density at radius 2 is 1.93 bits per heavy atom. The molecule has 0 fully saturated rings. The van der Waals surface area contributed by atoms with Crippen LogP contribution in [-0.4, -0.2) is 33.9 Å². The number of aliphatic carboxylic acids is 1. The van der Waals surface area contributed by atoms with Crippen LogP contribution >= 0.6 is 15.9 Å². The van der Waals surface area contributed by atoms with E-state index in [1.165, 1.54) is 0 Å². The van der Waals surface area contributed by atoms with Crippen molar-refractivity contribution >= 4 is 44.5 Å². The van der Waals surface area contributed by atoms with Gasteiger partial charge in [-0.15, -0.1) is 6.58 Å². The molecule has 0 aliphatic heterocycles. The summed E-state index contributed by atoms with van der Waals surface area (Å²) in [5.74, 6) is -2.88. The second kappa shape index (κ2) is 10.5. The maximum absolute atomic E-state index is 12.4. The number of ether oxygens (including phenoxy) is 1. The van der Waals surface area contributed by atoms with E-state index >= 15 is 0 Å². The lowest BCUT2D eigenvalue weighted by molar-refractivity contribution is -0.139. The smallest absolute Gasteiger partial charge is 0.341 e. The maximum Gasteiger partial charge on any atom is 0.341 e. The van der Waals surface area contributed by atoms with Crippen LogP contribution in [0.25, 0.3) is 10.9 Å². The van der Waals surface area contributed by atoms with E-state index in [9.17, 15) is 14.4 Å². The number of carboxylic acids is 1. The first-order valence-corrected chi connectivity index (χ1v) is 9.18. The minimum absolute atomic E-state index is 0.119. The number of allylic oxidation sites excluding steroid dienone is 3. The number of carboxylic acid groups (broad SMARTS) is 1. The SMILES string of the molecule is C/C=C/Cn1c(C)c(C(=O)C(N)=O)c2c(OCC(=O)O)ccc(Br)c21.C=CC. The van der Waals surface area contributed by atoms with Gasteiger partial charge in [0.2, 0.25) is 0 Å². The first-order chi connectivity index (χ1) is 13.2. The molecule has 2 aromatic rings. The third-order valence-electron chi connectivity index (χ3n) is 3.70. The lowest BCUT2D eigenvalue weighted by atomic mass is 10.1. The largest absolute Gasteiger partial charge is 0.481 e. The Morgan fingerprint density at radius 1 is 1.32 bits per heavy atom. The number of carbonyl (C=O) groups excluding carboxylic acids is 2. The maximum atomic E-state index is 12.4. The highest BCUT2D eigenvalue weighted by Gasteiger charge is 2.27. The van der Waals surface area contributed by atoms with Crippen molar-refractivity contribution in [1.29, 1.82) is 0 Å². The molecule has 2 rings (SSSR count). The van der Waals surface area contributed by atoms with Crippen LogP contribution in [0.4, 0.5) is 0 Å². The van der Waals surface area contributed by atoms with Crippen molar-refractivity contribution in [2.75, 3.05) is 6.61 Å². The fourth-order valence-electron chi connectivity index (χ4n) is 2.64. The molecule has 3 N–H and O–H groups in total. The van der Waals surface area contributed by atoms with Gasteiger partial charge >= 0.3 is 5.97 Å². The van der Waals surface area contributed by atoms with E-state index in [4.69, 9.17) is 15.6 Å². The molecule has 0 unspecified atom stereocenters. The van der Waals surface area contributed by atoms with Gasteiger partial charge in [0.15, 0.2) is 6.61 Å². The average molecular weight is 451 g/mol. The number of rotatable bonds is 7. The number of hydrogen-bond acceptors (Lipinski definition) is 4. The first-order valence-electron chi connectivity index (χ1n) is 8.39. The standard InChI is InChI=1S/C17H17BrN2O5.C3H6/c1-3-4-7-20-9(2)13(16(23)17(19)24)14-11(25-8-12(21)22)6-5-10(18)15(14)20;1-3-2/h3-6H,7-8H2,1-2H3,(H2,19,24)(H,21,22);3H,1H2,2H3/b4-3+;. The number of ketones is 1. The number of Topliss-reactive ketones (excluding diaryl/α,β-unsaturated/α-hetero) is 1. The third-order valence-corrected chi connectivity index (χ3v) is 4.34. The molecule has 0 spiro atoms. The summed E-state index contributed by atoms with van der Waals surface area (Å²) >= 11 is 3.44. The zero-order chi connectivity index (χ0) is 21.4. The van der Waals surface area contributed by atoms with Gasteiger partial charge in [-0.3, -0.25) is 9.59 Å². The summed E-state index contributed by atoms with van der Waals surface area (Å²) in [6, 6.07) is 3.25. The third kappa shape index (κ3) is 5.10. The van der Waals surface area contributed by atoms with Crippen LogP contribution in [0.3, 0.4) is 0 Å². The molecule has 0 bridgehead atoms. The predicted molar refractivity (Wildman–Crippen MR) is 112 cm³/mol. The number of carbonyl (C=O) groups is 3. The van der Waals surface area contributed by atoms with Gasteiger partial charge in [0.05, 0.1) is 16.5 Å². The highest BCUT2D eigenvalue weighted by atomic mass is 79.9. The van der Waals surface area contributed by atoms with Gasteiger partial charge in [0, 0.05) is 16.7 Å². The molecule has 8 heteroatoms. The molecule has 0 atom stereocenters. The van der Waals surface area contributed by atoms with Crippen molar-refractivity contribution in [3.8, 4) is 5.75 Å². The Balaban J connectivity index is 0.00000122. The Hall–Kier alpha value is -2.87. The highest BCUT2D eigenvalue weighted by molar-refractivity contribution is 9.10. The van der Waals surface area contributed by atoms with E-state index in [0.717, 1.165) is 0 Å². The zero-order valence-electron chi connectivity index (χ0n) is 16.0. The Bertz CT molecular complexity index is 944. The van der Waals surface area contributed by atoms with Gasteiger partial charge in [-0.1, -0.05) is 18.2 Å². The molecule has 0 radical (unpaired) electrons. The van der Waals surface area contributed by atoms with E-state index in [0.29, 0.717) is 27.6 Å². The quantitative estimate of drug-likeness (QED) is 0.380. The second-order valence-electron chi connectivity index (χ2n) is 5.69. The summed E-state index contributed by atoms with van der Waals surface area (Å²) in [4.78, 5) is 34.7. The van der Waals surface area contributed by atoms with Crippen LogP contribution in [0.2, 0.25) is 0 Å². The monoisotopic (exact) mass is 450 g/mol. The van der Waals surface area contributed by atoms with Crippen LogP contribution in [0.1, 0.15) is 29.9 Å². The van der Waals surface area contributed by atoms with Crippen LogP contribution in [-0.2, 0) is 16.1 Å². The number of aromatic nitrogens is 1. The Morgan fingerprint density at radius 3 is 2.43 bits per heavy atom. The topological polar surface area (TPSA) is 112 Å². The Labute approximate surface area is 171 Å². The van der Waals surface area contributed by atoms with Gasteiger partial charge in [0.1, 0.15) is 5.75 Å². The minimum atomic E-state index is -1.15. The lowest BCUT2D eigenvalue weighted by Gasteiger charge is -2.09. The summed E-state index contributed by atoms with van der Waals surface area (Å²) in [6.45, 7) is 8.71. The summed E-state index contributed by atoms with van der Waals surface area (Å²) in [7, 11) is 0. The molecular weight excluding hydrogens is 428 g/mol. The molecule has 1 aromatic carbocycles. The molecule has 150 valence electrons. The molecule has 0 saturated heterocycles. The summed E-state index contributed by atoms with van der Waals surface area (Å²) in [5.41, 5.74) is 6.48. The molecular formula is C20H23BrN2O5. The number of amides is 1. The zero-order valence-corrected chi connectivity index (χ0v) is 17.6. The highest BCUT2D eigenvalue weighted by Crippen LogP contribution is 2.38. The van der Waals surface area contributed by atoms with Gasteiger partial charge in [0.25, 0.3) is 11.7 Å². The number of halogens is 1. The van der Waals surface area contributed by atoms with Crippen molar-refractivity contribution in [3.05, 3.63) is 52.7 Å². The van der Waals surface area contributed by atoms with Gasteiger partial charge in [-0.2, -0.15) is 0 Å². The number of benzene rings is 1. The summed E-state index contributed by atoms with van der Waals surface area (Å²) in [6.07, 6.45) is 5.50. The minimum Gasteiger partial charge on any atom is -0.481 e. The average Bonchev–Trinajstić information content (AvgIpc) is 2.92. The molecule has 28 heavy (non-hydrogen) atoms. The van der Waals surface area contributed by atoms with Crippen molar-refractivity contribution in [2.24, 2.45) is 5.73 Å². The van der Waals surface area contributed by atoms with E-state index < -0.39 is 24.3 Å². The summed E-state index contributed by atoms with van der Waals surface area (Å²) in [5, 5.41) is 9.22. The number of nitrogens with zero attached hydrogens (tertiary/aromatic N) is 1. The van der Waals surface area contributed by atoms with Gasteiger partial charge in [-0.25, -0.2) is 4.79 Å². The van der Waals surface area contributed by atoms with Gasteiger partial charge < -0.3 is 20.1 Å². The van der Waals surface area contributed by atoms with E-state index in [1.54, 1.807) is 25.1 Å². The fourth-order valence-corrected chi connectivity index (χ4v) is 3.18. The summed E-state index contributed by atoms with van der Waals surface area (Å²) < 4.78 is 7.84. The molecule has 0 saturated carbocycles. The lowest BCUT2D eigenvalue weighted by Crippen LogP contribution is -2.24. The number of primary amides is 1. The van der Waals surface area contributed by atoms with Crippen molar-refractivity contribution in [1.82, 2.24) is 4.57 Å². The van der Waals surface area contributed by atoms with Crippen LogP contribution in [0, 0.1) is 6.92 Å². The van der Waals surface area contributed by atoms with Crippen LogP contribution < -0.4 is 10.5 Å². The molecule has 1 aromatic heterocycles. The van der Waals surface area contributed by atoms with E-state index in [-0.39, 0.29) is 11.3 Å². The van der Waals surface area contributed by atoms with Gasteiger partial charge in [-0.05, 0) is 48.8 Å². The molecule has 0 aliphatic carbocycles. The molecule has 1 amide bonds. The molecule has 1 heterocycles. The number of nitrogens with two attached hydrogens (primary N) is 1. The Kier molecular flexibility index (Phi) is 8.66. The normalized spacial score (nSPS) is 10.4. The first kappa shape index (κ1) is 23.2. The van der Waals surface area contributed by atoms with Crippen molar-refractivity contribution in [2.45, 2.75) is 27.3 Å². The fraction of sp³-hybridized carbons (Fsp3) is 0.250. The van der Waals surface area contributed by atoms with E-state index in [2.05, 4.69) is 22.5 Å². The predicted octanol–water partition coefficient (Wildman–Crippen LogP) is 3.61. The van der Waals surface area contributed by atoms with Crippen LogP contribution in [0.15, 0.2) is 41.4 Å². The number of fused-ring (bicyclic) bond motifs is 1. The number of hydrogen-bond donors (Lipinski definition) is 2. The van der Waals surface area contributed by atoms with Crippen LogP contribution in [0.5, 0.6) is 5.75 Å². The molecule has 0 aliphatic rings. The van der Waals surface area contributed by atoms with Crippen molar-refractivity contribution < 1.29 is 24.2 Å². The molecule has 7 nitrogen and oxygen atoms in total. The second-order valence-corrected chi connectivity index (χ2v) is 6.55. The van der Waals surface area contributed by atoms with E-state index in [1.807, 2.05) is 30.6 Å².